The topological polar surface area (TPSA) is 29.9 Å². The number of nitrogens with one attached hydrogen (secondary N) is 1. The summed E-state index contributed by atoms with van der Waals surface area (Å²) >= 11 is 2.10. The van der Waals surface area contributed by atoms with Crippen LogP contribution in [0.3, 0.4) is 0 Å². The Balaban J connectivity index is 1.67. The average molecular weight is 251 g/mol. The lowest BCUT2D eigenvalue weighted by atomic mass is 10.0. The zero-order chi connectivity index (χ0) is 11.5. The molecule has 2 fully saturated rings. The van der Waals surface area contributed by atoms with E-state index in [9.17, 15) is 0 Å². The first kappa shape index (κ1) is 11.6. The Labute approximate surface area is 107 Å². The number of rotatable bonds is 3. The number of aromatic nitrogens is 2. The van der Waals surface area contributed by atoms with Gasteiger partial charge in [-0.15, -0.1) is 0 Å². The monoisotopic (exact) mass is 251 g/mol. The second-order valence-corrected chi connectivity index (χ2v) is 6.40. The molecule has 1 N–H and O–H groups in total. The van der Waals surface area contributed by atoms with Crippen LogP contribution in [-0.2, 0) is 6.54 Å². The van der Waals surface area contributed by atoms with Crippen LogP contribution in [0.4, 0.5) is 0 Å². The van der Waals surface area contributed by atoms with Crippen LogP contribution in [0.5, 0.6) is 0 Å². The van der Waals surface area contributed by atoms with E-state index in [2.05, 4.69) is 32.8 Å². The van der Waals surface area contributed by atoms with E-state index in [0.29, 0.717) is 6.04 Å². The van der Waals surface area contributed by atoms with Gasteiger partial charge < -0.3 is 9.88 Å². The van der Waals surface area contributed by atoms with Crippen molar-refractivity contribution in [3.8, 4) is 0 Å². The first-order chi connectivity index (χ1) is 8.43. The Kier molecular flexibility index (Phi) is 3.71. The molecule has 0 aromatic carbocycles. The van der Waals surface area contributed by atoms with Crippen molar-refractivity contribution in [1.29, 1.82) is 0 Å². The van der Waals surface area contributed by atoms with Crippen molar-refractivity contribution in [3.05, 3.63) is 18.2 Å². The molecule has 2 saturated heterocycles. The largest absolute Gasteiger partial charge is 0.333 e. The number of hydrogen-bond acceptors (Lipinski definition) is 3. The molecule has 1 atom stereocenters. The van der Waals surface area contributed by atoms with Crippen LogP contribution in [0.15, 0.2) is 12.5 Å². The summed E-state index contributed by atoms with van der Waals surface area (Å²) in [6.45, 7) is 2.34. The molecule has 1 unspecified atom stereocenters. The van der Waals surface area contributed by atoms with Crippen LogP contribution in [0.1, 0.15) is 37.4 Å². The Morgan fingerprint density at radius 3 is 3.00 bits per heavy atom. The Morgan fingerprint density at radius 2 is 2.24 bits per heavy atom. The molecule has 3 nitrogen and oxygen atoms in total. The first-order valence-electron chi connectivity index (χ1n) is 6.74. The molecule has 17 heavy (non-hydrogen) atoms. The smallest absolute Gasteiger partial charge is 0.0948 e. The molecule has 0 aliphatic carbocycles. The second-order valence-electron chi connectivity index (χ2n) is 5.18. The van der Waals surface area contributed by atoms with E-state index in [4.69, 9.17) is 0 Å². The van der Waals surface area contributed by atoms with Crippen LogP contribution in [0, 0.1) is 5.92 Å². The summed E-state index contributed by atoms with van der Waals surface area (Å²) in [4.78, 5) is 4.35. The summed E-state index contributed by atoms with van der Waals surface area (Å²) in [6.07, 6.45) is 9.40. The van der Waals surface area contributed by atoms with Crippen LogP contribution in [0.2, 0.25) is 0 Å². The third-order valence-corrected chi connectivity index (χ3v) is 5.01. The molecule has 4 heteroatoms. The van der Waals surface area contributed by atoms with Crippen molar-refractivity contribution in [3.63, 3.8) is 0 Å². The van der Waals surface area contributed by atoms with Crippen molar-refractivity contribution in [2.45, 2.75) is 38.3 Å². The third-order valence-electron chi connectivity index (χ3n) is 3.96. The van der Waals surface area contributed by atoms with Gasteiger partial charge in [-0.05, 0) is 49.7 Å². The van der Waals surface area contributed by atoms with Gasteiger partial charge in [0.1, 0.15) is 0 Å². The molecule has 0 spiro atoms. The molecular weight excluding hydrogens is 230 g/mol. The van der Waals surface area contributed by atoms with Crippen LogP contribution in [0.25, 0.3) is 0 Å². The van der Waals surface area contributed by atoms with Gasteiger partial charge in [0.25, 0.3) is 0 Å². The van der Waals surface area contributed by atoms with E-state index in [1.165, 1.54) is 49.4 Å². The maximum absolute atomic E-state index is 4.35. The molecule has 2 aliphatic heterocycles. The van der Waals surface area contributed by atoms with Crippen LogP contribution >= 0.6 is 11.8 Å². The minimum atomic E-state index is 0.551. The predicted molar refractivity (Wildman–Crippen MR) is 72.3 cm³/mol. The van der Waals surface area contributed by atoms with Crippen molar-refractivity contribution in [1.82, 2.24) is 14.9 Å². The van der Waals surface area contributed by atoms with Gasteiger partial charge in [-0.2, -0.15) is 11.8 Å². The first-order valence-corrected chi connectivity index (χ1v) is 7.90. The van der Waals surface area contributed by atoms with Crippen molar-refractivity contribution in [2.24, 2.45) is 5.92 Å². The van der Waals surface area contributed by atoms with E-state index in [1.54, 1.807) is 0 Å². The maximum atomic E-state index is 4.35. The molecule has 1 aromatic rings. The molecule has 94 valence electrons. The lowest BCUT2D eigenvalue weighted by Gasteiger charge is -2.23. The SMILES string of the molecule is c1ncn(CC2CCSCC2)c1C1CCCN1. The highest BCUT2D eigenvalue weighted by molar-refractivity contribution is 7.99. The van der Waals surface area contributed by atoms with Crippen LogP contribution < -0.4 is 5.32 Å². The number of imidazole rings is 1. The van der Waals surface area contributed by atoms with Gasteiger partial charge >= 0.3 is 0 Å². The summed E-state index contributed by atoms with van der Waals surface area (Å²) in [6, 6.07) is 0.551. The van der Waals surface area contributed by atoms with E-state index < -0.39 is 0 Å². The Bertz CT molecular complexity index is 351. The van der Waals surface area contributed by atoms with Crippen LogP contribution in [-0.4, -0.2) is 27.6 Å². The lowest BCUT2D eigenvalue weighted by Crippen LogP contribution is -2.21. The fraction of sp³-hybridized carbons (Fsp3) is 0.769. The fourth-order valence-corrected chi connectivity index (χ4v) is 4.12. The average Bonchev–Trinajstić information content (AvgIpc) is 3.00. The minimum Gasteiger partial charge on any atom is -0.333 e. The van der Waals surface area contributed by atoms with Gasteiger partial charge in [0.15, 0.2) is 0 Å². The van der Waals surface area contributed by atoms with Crippen molar-refractivity contribution in [2.75, 3.05) is 18.1 Å². The maximum Gasteiger partial charge on any atom is 0.0948 e. The van der Waals surface area contributed by atoms with Crippen molar-refractivity contribution >= 4 is 11.8 Å². The molecule has 1 aromatic heterocycles. The Hall–Kier alpha value is -0.480. The molecular formula is C13H21N3S. The van der Waals surface area contributed by atoms with Gasteiger partial charge in [0, 0.05) is 18.8 Å². The number of hydrogen-bond donors (Lipinski definition) is 1. The molecule has 3 rings (SSSR count). The van der Waals surface area contributed by atoms with Gasteiger partial charge in [0.05, 0.1) is 12.0 Å². The normalized spacial score (nSPS) is 26.5. The zero-order valence-electron chi connectivity index (χ0n) is 10.3. The highest BCUT2D eigenvalue weighted by atomic mass is 32.2. The minimum absolute atomic E-state index is 0.551. The van der Waals surface area contributed by atoms with E-state index in [-0.39, 0.29) is 0 Å². The van der Waals surface area contributed by atoms with Crippen molar-refractivity contribution < 1.29 is 0 Å². The summed E-state index contributed by atoms with van der Waals surface area (Å²) in [5, 5.41) is 3.57. The number of thioether (sulfide) groups is 1. The third kappa shape index (κ3) is 2.68. The summed E-state index contributed by atoms with van der Waals surface area (Å²) < 4.78 is 2.39. The Morgan fingerprint density at radius 1 is 1.35 bits per heavy atom. The standard InChI is InChI=1S/C13H21N3S/c1-2-12(15-5-1)13-8-14-10-16(13)9-11-3-6-17-7-4-11/h8,10-12,15H,1-7,9H2. The lowest BCUT2D eigenvalue weighted by molar-refractivity contribution is 0.402. The van der Waals surface area contributed by atoms with Gasteiger partial charge in [-0.25, -0.2) is 4.98 Å². The molecule has 0 saturated carbocycles. The number of nitrogens with zero attached hydrogens (tertiary/aromatic N) is 2. The zero-order valence-corrected chi connectivity index (χ0v) is 11.1. The summed E-state index contributed by atoms with van der Waals surface area (Å²) in [5.74, 6) is 3.55. The van der Waals surface area contributed by atoms with Gasteiger partial charge in [0.2, 0.25) is 0 Å². The molecule has 0 radical (unpaired) electrons. The highest BCUT2D eigenvalue weighted by Gasteiger charge is 2.21. The molecule has 0 bridgehead atoms. The summed E-state index contributed by atoms with van der Waals surface area (Å²) in [5.41, 5.74) is 1.40. The van der Waals surface area contributed by atoms with Gasteiger partial charge in [-0.3, -0.25) is 0 Å². The van der Waals surface area contributed by atoms with E-state index in [1.807, 2.05) is 6.33 Å². The molecule has 0 amide bonds. The summed E-state index contributed by atoms with van der Waals surface area (Å²) in [7, 11) is 0. The molecule has 2 aliphatic rings. The molecule has 3 heterocycles. The van der Waals surface area contributed by atoms with Gasteiger partial charge in [-0.1, -0.05) is 0 Å². The predicted octanol–water partition coefficient (Wildman–Crippen LogP) is 2.45. The quantitative estimate of drug-likeness (QED) is 0.895. The highest BCUT2D eigenvalue weighted by Crippen LogP contribution is 2.27. The second kappa shape index (κ2) is 5.44. The van der Waals surface area contributed by atoms with E-state index >= 15 is 0 Å². The van der Waals surface area contributed by atoms with E-state index in [0.717, 1.165) is 12.5 Å². The fourth-order valence-electron chi connectivity index (χ4n) is 2.92.